The van der Waals surface area contributed by atoms with Crippen molar-refractivity contribution in [2.45, 2.75) is 20.4 Å². The number of nitrogens with zero attached hydrogens (tertiary/aromatic N) is 1. The van der Waals surface area contributed by atoms with Gasteiger partial charge in [0.25, 0.3) is 0 Å². The van der Waals surface area contributed by atoms with Crippen LogP contribution in [0.2, 0.25) is 0 Å². The summed E-state index contributed by atoms with van der Waals surface area (Å²) in [5, 5.41) is 3.28. The van der Waals surface area contributed by atoms with Gasteiger partial charge in [0.05, 0.1) is 0 Å². The Kier molecular flexibility index (Phi) is 4.93. The van der Waals surface area contributed by atoms with Crippen molar-refractivity contribution in [3.63, 3.8) is 0 Å². The molecule has 0 aliphatic carbocycles. The third kappa shape index (κ3) is 4.04. The molecule has 0 bridgehead atoms. The largest absolute Gasteiger partial charge is 0.439 e. The van der Waals surface area contributed by atoms with Crippen LogP contribution in [0.25, 0.3) is 0 Å². The van der Waals surface area contributed by atoms with Gasteiger partial charge in [-0.15, -0.1) is 0 Å². The summed E-state index contributed by atoms with van der Waals surface area (Å²) < 4.78 is 6.78. The fraction of sp³-hybridized carbons (Fsp3) is 0.267. The molecule has 0 fully saturated rings. The molecule has 100 valence electrons. The van der Waals surface area contributed by atoms with E-state index in [1.807, 2.05) is 37.4 Å². The van der Waals surface area contributed by atoms with Crippen LogP contribution in [-0.4, -0.2) is 11.5 Å². The standard InChI is InChI=1S/C15H17BrN2O/c1-3-17-9-12-7-11(2)15(18-10-12)19-14-6-4-5-13(16)8-14/h4-8,10,17H,3,9H2,1-2H3. The third-order valence-corrected chi connectivity index (χ3v) is 3.17. The van der Waals surface area contributed by atoms with Crippen LogP contribution in [0, 0.1) is 6.92 Å². The molecule has 0 atom stereocenters. The zero-order valence-electron chi connectivity index (χ0n) is 11.1. The van der Waals surface area contributed by atoms with Gasteiger partial charge in [-0.1, -0.05) is 28.9 Å². The van der Waals surface area contributed by atoms with Crippen LogP contribution in [0.15, 0.2) is 41.0 Å². The lowest BCUT2D eigenvalue weighted by molar-refractivity contribution is 0.458. The van der Waals surface area contributed by atoms with E-state index >= 15 is 0 Å². The average Bonchev–Trinajstić information content (AvgIpc) is 2.39. The maximum Gasteiger partial charge on any atom is 0.222 e. The van der Waals surface area contributed by atoms with E-state index in [9.17, 15) is 0 Å². The first-order valence-electron chi connectivity index (χ1n) is 6.28. The Morgan fingerprint density at radius 3 is 2.84 bits per heavy atom. The topological polar surface area (TPSA) is 34.2 Å². The normalized spacial score (nSPS) is 10.5. The summed E-state index contributed by atoms with van der Waals surface area (Å²) in [6.45, 7) is 5.89. The average molecular weight is 321 g/mol. The predicted octanol–water partition coefficient (Wildman–Crippen LogP) is 4.05. The molecular weight excluding hydrogens is 304 g/mol. The van der Waals surface area contributed by atoms with Crippen molar-refractivity contribution in [2.75, 3.05) is 6.54 Å². The van der Waals surface area contributed by atoms with Crippen LogP contribution >= 0.6 is 15.9 Å². The molecule has 19 heavy (non-hydrogen) atoms. The number of halogens is 1. The van der Waals surface area contributed by atoms with Gasteiger partial charge in [0, 0.05) is 22.8 Å². The van der Waals surface area contributed by atoms with Crippen molar-refractivity contribution >= 4 is 15.9 Å². The van der Waals surface area contributed by atoms with Crippen LogP contribution in [0.3, 0.4) is 0 Å². The molecule has 2 rings (SSSR count). The minimum absolute atomic E-state index is 0.651. The fourth-order valence-electron chi connectivity index (χ4n) is 1.74. The van der Waals surface area contributed by atoms with Crippen LogP contribution in [0.1, 0.15) is 18.1 Å². The Morgan fingerprint density at radius 2 is 2.16 bits per heavy atom. The van der Waals surface area contributed by atoms with Gasteiger partial charge in [-0.3, -0.25) is 0 Å². The minimum atomic E-state index is 0.651. The van der Waals surface area contributed by atoms with Crippen molar-refractivity contribution in [1.82, 2.24) is 10.3 Å². The Labute approximate surface area is 122 Å². The minimum Gasteiger partial charge on any atom is -0.439 e. The van der Waals surface area contributed by atoms with E-state index in [1.54, 1.807) is 0 Å². The SMILES string of the molecule is CCNCc1cnc(Oc2cccc(Br)c2)c(C)c1. The predicted molar refractivity (Wildman–Crippen MR) is 80.6 cm³/mol. The maximum atomic E-state index is 5.79. The summed E-state index contributed by atoms with van der Waals surface area (Å²) in [5.41, 5.74) is 2.20. The summed E-state index contributed by atoms with van der Waals surface area (Å²) in [7, 11) is 0. The highest BCUT2D eigenvalue weighted by Crippen LogP contribution is 2.25. The number of pyridine rings is 1. The molecule has 0 aliphatic rings. The van der Waals surface area contributed by atoms with Crippen LogP contribution in [0.4, 0.5) is 0 Å². The van der Waals surface area contributed by atoms with Gasteiger partial charge < -0.3 is 10.1 Å². The first-order valence-corrected chi connectivity index (χ1v) is 7.08. The molecule has 0 radical (unpaired) electrons. The van der Waals surface area contributed by atoms with E-state index in [2.05, 4.69) is 39.2 Å². The van der Waals surface area contributed by atoms with Crippen molar-refractivity contribution in [3.8, 4) is 11.6 Å². The summed E-state index contributed by atoms with van der Waals surface area (Å²) in [5.74, 6) is 1.43. The molecule has 1 heterocycles. The summed E-state index contributed by atoms with van der Waals surface area (Å²) in [6.07, 6.45) is 1.85. The van der Waals surface area contributed by atoms with E-state index in [0.717, 1.165) is 28.9 Å². The fourth-order valence-corrected chi connectivity index (χ4v) is 2.11. The molecule has 0 saturated heterocycles. The number of hydrogen-bond donors (Lipinski definition) is 1. The Morgan fingerprint density at radius 1 is 1.32 bits per heavy atom. The quantitative estimate of drug-likeness (QED) is 0.902. The van der Waals surface area contributed by atoms with Crippen molar-refractivity contribution < 1.29 is 4.74 Å². The number of ether oxygens (including phenoxy) is 1. The smallest absolute Gasteiger partial charge is 0.222 e. The molecule has 2 aromatic rings. The molecule has 0 spiro atoms. The summed E-state index contributed by atoms with van der Waals surface area (Å²) >= 11 is 3.43. The number of aryl methyl sites for hydroxylation is 1. The molecule has 0 saturated carbocycles. The Bertz CT molecular complexity index is 558. The van der Waals surface area contributed by atoms with Gasteiger partial charge in [0.2, 0.25) is 5.88 Å². The number of nitrogens with one attached hydrogen (secondary N) is 1. The lowest BCUT2D eigenvalue weighted by Crippen LogP contribution is -2.12. The second-order valence-electron chi connectivity index (χ2n) is 4.31. The molecule has 4 heteroatoms. The summed E-state index contributed by atoms with van der Waals surface area (Å²) in [6, 6.07) is 9.84. The van der Waals surface area contributed by atoms with Crippen LogP contribution in [-0.2, 0) is 6.54 Å². The van der Waals surface area contributed by atoms with Gasteiger partial charge in [0.1, 0.15) is 5.75 Å². The van der Waals surface area contributed by atoms with E-state index in [1.165, 1.54) is 5.56 Å². The second kappa shape index (κ2) is 6.68. The Hall–Kier alpha value is -1.39. The van der Waals surface area contributed by atoms with E-state index in [-0.39, 0.29) is 0 Å². The van der Waals surface area contributed by atoms with Gasteiger partial charge in [-0.25, -0.2) is 4.98 Å². The molecule has 1 aromatic heterocycles. The van der Waals surface area contributed by atoms with Crippen molar-refractivity contribution in [3.05, 3.63) is 52.1 Å². The highest BCUT2D eigenvalue weighted by molar-refractivity contribution is 9.10. The maximum absolute atomic E-state index is 5.79. The van der Waals surface area contributed by atoms with Gasteiger partial charge in [-0.2, -0.15) is 0 Å². The van der Waals surface area contributed by atoms with Crippen LogP contribution in [0.5, 0.6) is 11.6 Å². The molecule has 0 aliphatic heterocycles. The number of rotatable bonds is 5. The second-order valence-corrected chi connectivity index (χ2v) is 5.22. The third-order valence-electron chi connectivity index (χ3n) is 2.68. The lowest BCUT2D eigenvalue weighted by Gasteiger charge is -2.09. The van der Waals surface area contributed by atoms with Gasteiger partial charge >= 0.3 is 0 Å². The van der Waals surface area contributed by atoms with Gasteiger partial charge in [-0.05, 0) is 43.3 Å². The molecule has 1 N–H and O–H groups in total. The zero-order chi connectivity index (χ0) is 13.7. The van der Waals surface area contributed by atoms with Crippen molar-refractivity contribution in [1.29, 1.82) is 0 Å². The Balaban J connectivity index is 2.13. The highest BCUT2D eigenvalue weighted by Gasteiger charge is 2.05. The monoisotopic (exact) mass is 320 g/mol. The van der Waals surface area contributed by atoms with E-state index in [4.69, 9.17) is 4.74 Å². The number of aromatic nitrogens is 1. The van der Waals surface area contributed by atoms with Gasteiger partial charge in [0.15, 0.2) is 0 Å². The number of benzene rings is 1. The van der Waals surface area contributed by atoms with Crippen LogP contribution < -0.4 is 10.1 Å². The molecule has 1 aromatic carbocycles. The zero-order valence-corrected chi connectivity index (χ0v) is 12.7. The first kappa shape index (κ1) is 14.0. The van der Waals surface area contributed by atoms with E-state index < -0.39 is 0 Å². The van der Waals surface area contributed by atoms with Crippen molar-refractivity contribution in [2.24, 2.45) is 0 Å². The van der Waals surface area contributed by atoms with E-state index in [0.29, 0.717) is 5.88 Å². The highest BCUT2D eigenvalue weighted by atomic mass is 79.9. The number of hydrogen-bond acceptors (Lipinski definition) is 3. The first-order chi connectivity index (χ1) is 9.19. The molecular formula is C15H17BrN2O. The molecule has 3 nitrogen and oxygen atoms in total. The molecule has 0 amide bonds. The summed E-state index contributed by atoms with van der Waals surface area (Å²) in [4.78, 5) is 4.38. The molecule has 0 unspecified atom stereocenters. The lowest BCUT2D eigenvalue weighted by atomic mass is 10.2.